The maximum atomic E-state index is 14.6. The molecular weight excluding hydrogens is 688 g/mol. The number of anilines is 1. The summed E-state index contributed by atoms with van der Waals surface area (Å²) in [5, 5.41) is 0. The summed E-state index contributed by atoms with van der Waals surface area (Å²) in [6.07, 6.45) is -7.05. The molecule has 3 aromatic carbocycles. The maximum absolute atomic E-state index is 14.6. The highest BCUT2D eigenvalue weighted by molar-refractivity contribution is 6.09. The van der Waals surface area contributed by atoms with Crippen LogP contribution in [0.2, 0.25) is 0 Å². The van der Waals surface area contributed by atoms with E-state index in [1.54, 1.807) is 12.1 Å². The fraction of sp³-hybridized carbons (Fsp3) is 0.459. The summed E-state index contributed by atoms with van der Waals surface area (Å²) in [6, 6.07) is 12.0. The topological polar surface area (TPSA) is 66.9 Å². The second kappa shape index (κ2) is 13.8. The first-order chi connectivity index (χ1) is 24.1. The minimum absolute atomic E-state index is 0.0465. The zero-order chi connectivity index (χ0) is 36.9. The lowest BCUT2D eigenvalue weighted by Gasteiger charge is -2.51. The number of fused-ring (bicyclic) bond motifs is 5. The second-order valence-electron chi connectivity index (χ2n) is 13.8. The Morgan fingerprint density at radius 2 is 1.49 bits per heavy atom. The molecule has 0 radical (unpaired) electrons. The Hall–Kier alpha value is -4.13. The number of rotatable bonds is 5. The molecule has 1 aliphatic carbocycles. The Kier molecular flexibility index (Phi) is 9.90. The molecule has 1 saturated carbocycles. The van der Waals surface area contributed by atoms with Gasteiger partial charge in [0.15, 0.2) is 0 Å². The first-order valence-corrected chi connectivity index (χ1v) is 16.6. The van der Waals surface area contributed by atoms with E-state index in [1.165, 1.54) is 4.90 Å². The smallest absolute Gasteiger partial charge is 0.373 e. The highest BCUT2D eigenvalue weighted by Gasteiger charge is 2.62. The molecule has 3 heterocycles. The Morgan fingerprint density at radius 3 is 2.14 bits per heavy atom. The number of amides is 1. The van der Waals surface area contributed by atoms with Gasteiger partial charge in [-0.2, -0.15) is 35.9 Å². The van der Waals surface area contributed by atoms with Crippen molar-refractivity contribution >= 4 is 17.7 Å². The van der Waals surface area contributed by atoms with E-state index in [0.29, 0.717) is 49.5 Å². The van der Waals surface area contributed by atoms with Gasteiger partial charge in [0.05, 0.1) is 35.8 Å². The van der Waals surface area contributed by atoms with Crippen LogP contribution in [0.1, 0.15) is 60.4 Å². The van der Waals surface area contributed by atoms with Crippen LogP contribution < -0.4 is 4.90 Å². The van der Waals surface area contributed by atoms with Crippen molar-refractivity contribution < 1.29 is 54.2 Å². The van der Waals surface area contributed by atoms with Crippen LogP contribution >= 0.6 is 0 Å². The average Bonchev–Trinajstić information content (AvgIpc) is 3.56. The van der Waals surface area contributed by atoms with Gasteiger partial charge < -0.3 is 9.64 Å². The maximum Gasteiger partial charge on any atom is 0.416 e. The van der Waals surface area contributed by atoms with E-state index >= 15 is 0 Å². The summed E-state index contributed by atoms with van der Waals surface area (Å²) < 4.78 is 116. The zero-order valence-electron chi connectivity index (χ0n) is 27.4. The molecule has 0 unspecified atom stereocenters. The summed E-state index contributed by atoms with van der Waals surface area (Å²) in [5.41, 5.74) is -2.18. The summed E-state index contributed by atoms with van der Waals surface area (Å²) in [6.45, 7) is 2.73. The van der Waals surface area contributed by atoms with Crippen LogP contribution in [0.15, 0.2) is 60.7 Å². The first kappa shape index (κ1) is 36.7. The number of hydrogen-bond acceptors (Lipinski definition) is 5. The Balaban J connectivity index is 0.00000144. The van der Waals surface area contributed by atoms with Crippen LogP contribution in [0.5, 0.6) is 0 Å². The lowest BCUT2D eigenvalue weighted by atomic mass is 9.62. The number of benzene rings is 3. The van der Waals surface area contributed by atoms with Gasteiger partial charge in [0.25, 0.3) is 0 Å². The van der Waals surface area contributed by atoms with Gasteiger partial charge >= 0.3 is 18.5 Å². The van der Waals surface area contributed by atoms with Gasteiger partial charge in [-0.1, -0.05) is 37.3 Å². The number of halogens is 8. The van der Waals surface area contributed by atoms with Crippen molar-refractivity contribution in [3.8, 4) is 0 Å². The number of para-hydroxylation sites is 1. The van der Waals surface area contributed by atoms with Crippen molar-refractivity contribution in [2.75, 3.05) is 18.0 Å². The van der Waals surface area contributed by atoms with Crippen molar-refractivity contribution in [2.24, 2.45) is 17.8 Å². The van der Waals surface area contributed by atoms with Crippen LogP contribution in [-0.2, 0) is 50.0 Å². The fourth-order valence-corrected chi connectivity index (χ4v) is 9.04. The summed E-state index contributed by atoms with van der Waals surface area (Å²) in [4.78, 5) is 34.6. The third kappa shape index (κ3) is 6.69. The predicted molar refractivity (Wildman–Crippen MR) is 166 cm³/mol. The number of carbonyl (C=O) groups is 1. The minimum atomic E-state index is -4.80. The van der Waals surface area contributed by atoms with E-state index < -0.39 is 40.5 Å². The standard InChI is InChI=1S/C36H34F8N2O2.CO2/c1-20-26-16-32-34(27-4-2-3-5-30(27)46(33(34)47)18-22-6-9-24(37)14-28(22)35(39,40)41)12-13-45(32)17-21(26)8-11-31(20)48-19-23-7-10-25(38)15-29(23)36(42,43)44;2-1-3/h2-7,9-10,14-15,20-21,26,31-32H,8,11-13,16-19H2,1H3;/t20-,21+,26-,31+,32+,34+;/m1./s1. The monoisotopic (exact) mass is 722 g/mol. The molecule has 2 saturated heterocycles. The van der Waals surface area contributed by atoms with Gasteiger partial charge in [0, 0.05) is 18.3 Å². The molecule has 3 aromatic rings. The first-order valence-electron chi connectivity index (χ1n) is 16.6. The highest BCUT2D eigenvalue weighted by atomic mass is 19.4. The van der Waals surface area contributed by atoms with Crippen molar-refractivity contribution in [3.63, 3.8) is 0 Å². The van der Waals surface area contributed by atoms with E-state index in [9.17, 15) is 39.9 Å². The third-order valence-electron chi connectivity index (χ3n) is 11.3. The Morgan fingerprint density at radius 1 is 0.882 bits per heavy atom. The van der Waals surface area contributed by atoms with Gasteiger partial charge in [0.1, 0.15) is 11.6 Å². The van der Waals surface area contributed by atoms with Gasteiger partial charge in [-0.25, -0.2) is 8.78 Å². The van der Waals surface area contributed by atoms with E-state index in [2.05, 4.69) is 4.90 Å². The number of ether oxygens (including phenoxy) is 1. The third-order valence-corrected chi connectivity index (χ3v) is 11.3. The highest BCUT2D eigenvalue weighted by Crippen LogP contribution is 2.56. The number of nitrogens with zero attached hydrogens (tertiary/aromatic N) is 2. The van der Waals surface area contributed by atoms with Gasteiger partial charge in [0.2, 0.25) is 5.91 Å². The van der Waals surface area contributed by atoms with Crippen LogP contribution in [0, 0.1) is 29.4 Å². The summed E-state index contributed by atoms with van der Waals surface area (Å²) in [5.74, 6) is -1.93. The summed E-state index contributed by atoms with van der Waals surface area (Å²) >= 11 is 0. The molecule has 1 amide bonds. The number of hydrogen-bond donors (Lipinski definition) is 0. The molecule has 4 aliphatic rings. The number of carbonyl (C=O) groups excluding carboxylic acids is 3. The lowest BCUT2D eigenvalue weighted by molar-refractivity contribution is -0.191. The molecule has 6 nitrogen and oxygen atoms in total. The molecular formula is C37H34F8N2O4. The average molecular weight is 723 g/mol. The molecule has 1 spiro atoms. The Bertz CT molecular complexity index is 1820. The van der Waals surface area contributed by atoms with Gasteiger partial charge in [-0.15, -0.1) is 0 Å². The van der Waals surface area contributed by atoms with E-state index in [4.69, 9.17) is 14.3 Å². The second-order valence-corrected chi connectivity index (χ2v) is 13.8. The molecule has 14 heteroatoms. The predicted octanol–water partition coefficient (Wildman–Crippen LogP) is 7.93. The van der Waals surface area contributed by atoms with Crippen molar-refractivity contribution in [1.29, 1.82) is 0 Å². The molecule has 0 N–H and O–H groups in total. The number of piperidine rings is 1. The molecule has 51 heavy (non-hydrogen) atoms. The molecule has 272 valence electrons. The molecule has 3 aliphatic heterocycles. The molecule has 6 atom stereocenters. The summed E-state index contributed by atoms with van der Waals surface area (Å²) in [7, 11) is 0. The fourth-order valence-electron chi connectivity index (χ4n) is 9.04. The quantitative estimate of drug-likeness (QED) is 0.251. The van der Waals surface area contributed by atoms with Crippen LogP contribution in [-0.4, -0.2) is 42.2 Å². The van der Waals surface area contributed by atoms with Crippen LogP contribution in [0.3, 0.4) is 0 Å². The van der Waals surface area contributed by atoms with Crippen molar-refractivity contribution in [1.82, 2.24) is 4.90 Å². The zero-order valence-corrected chi connectivity index (χ0v) is 27.4. The SMILES string of the molecule is C[C@@H]1[C@H]2C[C@@H]3N(CC[C@@]34C(=O)N(Cc3ccc(F)cc3C(F)(F)F)c3ccccc34)C[C@@H]2CC[C@@H]1OCc1ccc(F)cc1C(F)(F)F.O=C=O. The van der Waals surface area contributed by atoms with E-state index in [0.717, 1.165) is 42.8 Å². The molecule has 7 rings (SSSR count). The van der Waals surface area contributed by atoms with Gasteiger partial charge in [-0.3, -0.25) is 9.69 Å². The van der Waals surface area contributed by atoms with Crippen LogP contribution in [0.25, 0.3) is 0 Å². The van der Waals surface area contributed by atoms with Gasteiger partial charge in [-0.05, 0) is 97.0 Å². The van der Waals surface area contributed by atoms with Crippen LogP contribution in [0.4, 0.5) is 40.8 Å². The lowest BCUT2D eigenvalue weighted by Crippen LogP contribution is -2.57. The number of alkyl halides is 6. The minimum Gasteiger partial charge on any atom is -0.373 e. The largest absolute Gasteiger partial charge is 0.416 e. The van der Waals surface area contributed by atoms with Crippen molar-refractivity contribution in [2.45, 2.75) is 75.7 Å². The Labute approximate surface area is 288 Å². The van der Waals surface area contributed by atoms with Crippen molar-refractivity contribution in [3.05, 3.63) is 100 Å². The molecule has 3 fully saturated rings. The molecule has 0 aromatic heterocycles. The van der Waals surface area contributed by atoms with E-state index in [1.807, 2.05) is 19.1 Å². The van der Waals surface area contributed by atoms with E-state index in [-0.39, 0.29) is 60.3 Å². The normalized spacial score (nSPS) is 27.4. The molecule has 0 bridgehead atoms.